The first-order valence-electron chi connectivity index (χ1n) is 4.88. The zero-order valence-electron chi connectivity index (χ0n) is 8.12. The van der Waals surface area contributed by atoms with Crippen LogP contribution in [0.4, 0.5) is 11.6 Å². The van der Waals surface area contributed by atoms with Crippen molar-refractivity contribution in [2.75, 3.05) is 17.6 Å². The third kappa shape index (κ3) is 1.32. The smallest absolute Gasteiger partial charge is 0.239 e. The second-order valence-corrected chi connectivity index (χ2v) is 3.59. The van der Waals surface area contributed by atoms with Crippen LogP contribution in [0.25, 0.3) is 11.4 Å². The molecule has 0 aliphatic carbocycles. The molecule has 0 radical (unpaired) electrons. The van der Waals surface area contributed by atoms with Gasteiger partial charge in [-0.2, -0.15) is 4.98 Å². The number of rotatable bonds is 1. The van der Waals surface area contributed by atoms with E-state index in [4.69, 9.17) is 5.73 Å². The summed E-state index contributed by atoms with van der Waals surface area (Å²) in [5.74, 6) is 0.988. The van der Waals surface area contributed by atoms with Gasteiger partial charge in [-0.3, -0.25) is 5.10 Å². The molecule has 2 aromatic rings. The van der Waals surface area contributed by atoms with Gasteiger partial charge in [-0.25, -0.2) is 0 Å². The molecule has 0 fully saturated rings. The average molecular weight is 201 g/mol. The minimum absolute atomic E-state index is 0.276. The lowest BCUT2D eigenvalue weighted by Crippen LogP contribution is -1.91. The molecule has 0 unspecified atom stereocenters. The van der Waals surface area contributed by atoms with Crippen LogP contribution in [-0.4, -0.2) is 21.7 Å². The Morgan fingerprint density at radius 3 is 3.07 bits per heavy atom. The van der Waals surface area contributed by atoms with E-state index in [0.717, 1.165) is 18.5 Å². The number of H-pyrrole nitrogens is 1. The highest BCUT2D eigenvalue weighted by atomic mass is 15.3. The maximum atomic E-state index is 5.46. The number of nitrogens with zero attached hydrogens (tertiary/aromatic N) is 2. The van der Waals surface area contributed by atoms with Crippen molar-refractivity contribution < 1.29 is 0 Å². The van der Waals surface area contributed by atoms with Gasteiger partial charge in [0.1, 0.15) is 0 Å². The van der Waals surface area contributed by atoms with E-state index in [0.29, 0.717) is 5.82 Å². The van der Waals surface area contributed by atoms with Crippen LogP contribution in [0.5, 0.6) is 0 Å². The Morgan fingerprint density at radius 1 is 1.33 bits per heavy atom. The second-order valence-electron chi connectivity index (χ2n) is 3.59. The molecule has 1 aliphatic rings. The van der Waals surface area contributed by atoms with Crippen molar-refractivity contribution in [3.63, 3.8) is 0 Å². The molecule has 3 rings (SSSR count). The van der Waals surface area contributed by atoms with Crippen molar-refractivity contribution in [1.82, 2.24) is 15.2 Å². The lowest BCUT2D eigenvalue weighted by Gasteiger charge is -2.01. The monoisotopic (exact) mass is 201 g/mol. The van der Waals surface area contributed by atoms with Gasteiger partial charge < -0.3 is 11.1 Å². The molecule has 1 aliphatic heterocycles. The maximum absolute atomic E-state index is 5.46. The fourth-order valence-corrected chi connectivity index (χ4v) is 1.84. The van der Waals surface area contributed by atoms with Crippen LogP contribution in [0.2, 0.25) is 0 Å². The number of fused-ring (bicyclic) bond motifs is 1. The molecule has 0 spiro atoms. The largest absolute Gasteiger partial charge is 0.384 e. The van der Waals surface area contributed by atoms with Gasteiger partial charge in [0.15, 0.2) is 5.82 Å². The Labute approximate surface area is 86.7 Å². The quantitative estimate of drug-likeness (QED) is 0.643. The predicted molar refractivity (Wildman–Crippen MR) is 58.4 cm³/mol. The average Bonchev–Trinajstić information content (AvgIpc) is 2.84. The van der Waals surface area contributed by atoms with Crippen LogP contribution in [0, 0.1) is 0 Å². The van der Waals surface area contributed by atoms with Gasteiger partial charge >= 0.3 is 0 Å². The topological polar surface area (TPSA) is 79.6 Å². The van der Waals surface area contributed by atoms with Gasteiger partial charge in [0.25, 0.3) is 0 Å². The van der Waals surface area contributed by atoms with Gasteiger partial charge in [0.05, 0.1) is 0 Å². The van der Waals surface area contributed by atoms with E-state index in [1.54, 1.807) is 0 Å². The van der Waals surface area contributed by atoms with Crippen LogP contribution >= 0.6 is 0 Å². The molecule has 76 valence electrons. The highest BCUT2D eigenvalue weighted by Crippen LogP contribution is 2.27. The lowest BCUT2D eigenvalue weighted by atomic mass is 10.1. The third-order valence-electron chi connectivity index (χ3n) is 2.60. The van der Waals surface area contributed by atoms with E-state index in [1.807, 2.05) is 6.07 Å². The van der Waals surface area contributed by atoms with Gasteiger partial charge in [0, 0.05) is 17.8 Å². The summed E-state index contributed by atoms with van der Waals surface area (Å²) in [6, 6.07) is 6.22. The number of nitrogen functional groups attached to an aromatic ring is 1. The fourth-order valence-electron chi connectivity index (χ4n) is 1.84. The summed E-state index contributed by atoms with van der Waals surface area (Å²) < 4.78 is 0. The van der Waals surface area contributed by atoms with Gasteiger partial charge in [-0.15, -0.1) is 5.10 Å². The molecule has 0 atom stereocenters. The Kier molecular flexibility index (Phi) is 1.65. The zero-order chi connectivity index (χ0) is 10.3. The Hall–Kier alpha value is -2.04. The SMILES string of the molecule is Nc1n[nH]c(-c2ccc3c(c2)NCC3)n1. The van der Waals surface area contributed by atoms with Crippen LogP contribution in [0.3, 0.4) is 0 Å². The number of nitrogens with one attached hydrogen (secondary N) is 2. The number of nitrogens with two attached hydrogens (primary N) is 1. The number of aromatic nitrogens is 3. The first-order chi connectivity index (χ1) is 7.33. The maximum Gasteiger partial charge on any atom is 0.239 e. The van der Waals surface area contributed by atoms with Crippen LogP contribution in [-0.2, 0) is 6.42 Å². The summed E-state index contributed by atoms with van der Waals surface area (Å²) in [7, 11) is 0. The van der Waals surface area contributed by atoms with Crippen molar-refractivity contribution in [2.45, 2.75) is 6.42 Å². The van der Waals surface area contributed by atoms with E-state index >= 15 is 0 Å². The van der Waals surface area contributed by atoms with E-state index in [9.17, 15) is 0 Å². The lowest BCUT2D eigenvalue weighted by molar-refractivity contribution is 1.10. The Morgan fingerprint density at radius 2 is 2.27 bits per heavy atom. The van der Waals surface area contributed by atoms with Crippen molar-refractivity contribution in [2.24, 2.45) is 0 Å². The first kappa shape index (κ1) is 8.28. The Balaban J connectivity index is 2.06. The van der Waals surface area contributed by atoms with Gasteiger partial charge in [-0.05, 0) is 18.1 Å². The fraction of sp³-hybridized carbons (Fsp3) is 0.200. The number of hydrogen-bond donors (Lipinski definition) is 3. The van der Waals surface area contributed by atoms with Gasteiger partial charge in [0.2, 0.25) is 5.95 Å². The van der Waals surface area contributed by atoms with Crippen LogP contribution < -0.4 is 11.1 Å². The zero-order valence-corrected chi connectivity index (χ0v) is 8.12. The third-order valence-corrected chi connectivity index (χ3v) is 2.60. The van der Waals surface area contributed by atoms with E-state index in [2.05, 4.69) is 32.6 Å². The van der Waals surface area contributed by atoms with E-state index in [-0.39, 0.29) is 5.95 Å². The highest BCUT2D eigenvalue weighted by Gasteiger charge is 2.11. The molecule has 0 amide bonds. The standard InChI is InChI=1S/C10H11N5/c11-10-13-9(14-15-10)7-2-1-6-3-4-12-8(6)5-7/h1-2,5,12H,3-4H2,(H3,11,13,14,15). The molecule has 2 heterocycles. The van der Waals surface area contributed by atoms with E-state index < -0.39 is 0 Å². The molecule has 4 N–H and O–H groups in total. The Bertz CT molecular complexity index is 502. The molecule has 0 bridgehead atoms. The first-order valence-corrected chi connectivity index (χ1v) is 4.88. The highest BCUT2D eigenvalue weighted by molar-refractivity contribution is 5.67. The van der Waals surface area contributed by atoms with Crippen molar-refractivity contribution >= 4 is 11.6 Å². The number of hydrogen-bond acceptors (Lipinski definition) is 4. The second kappa shape index (κ2) is 2.98. The number of benzene rings is 1. The summed E-state index contributed by atoms with van der Waals surface area (Å²) in [4.78, 5) is 4.09. The van der Waals surface area contributed by atoms with Crippen molar-refractivity contribution in [1.29, 1.82) is 0 Å². The minimum Gasteiger partial charge on any atom is -0.384 e. The molecule has 5 nitrogen and oxygen atoms in total. The molecule has 15 heavy (non-hydrogen) atoms. The number of aromatic amines is 1. The summed E-state index contributed by atoms with van der Waals surface area (Å²) in [6.07, 6.45) is 1.09. The molecule has 1 aromatic carbocycles. The molecule has 0 saturated heterocycles. The summed E-state index contributed by atoms with van der Waals surface area (Å²) in [5, 5.41) is 9.93. The van der Waals surface area contributed by atoms with Crippen molar-refractivity contribution in [3.05, 3.63) is 23.8 Å². The number of anilines is 2. The summed E-state index contributed by atoms with van der Waals surface area (Å²) in [5.41, 5.74) is 9.00. The predicted octanol–water partition coefficient (Wildman–Crippen LogP) is 1.02. The van der Waals surface area contributed by atoms with E-state index in [1.165, 1.54) is 11.3 Å². The summed E-state index contributed by atoms with van der Waals surface area (Å²) in [6.45, 7) is 1.01. The molecular formula is C10H11N5. The van der Waals surface area contributed by atoms with Crippen molar-refractivity contribution in [3.8, 4) is 11.4 Å². The molecule has 1 aromatic heterocycles. The normalized spacial score (nSPS) is 13.6. The summed E-state index contributed by atoms with van der Waals surface area (Å²) >= 11 is 0. The van der Waals surface area contributed by atoms with Crippen LogP contribution in [0.15, 0.2) is 18.2 Å². The van der Waals surface area contributed by atoms with Crippen LogP contribution in [0.1, 0.15) is 5.56 Å². The van der Waals surface area contributed by atoms with Gasteiger partial charge in [-0.1, -0.05) is 12.1 Å². The minimum atomic E-state index is 0.276. The molecule has 5 heteroatoms. The molecule has 0 saturated carbocycles. The molecular weight excluding hydrogens is 190 g/mol.